The molecule has 0 radical (unpaired) electrons. The van der Waals surface area contributed by atoms with Crippen molar-refractivity contribution in [1.82, 2.24) is 15.8 Å². The number of guanidine groups is 1. The summed E-state index contributed by atoms with van der Waals surface area (Å²) in [5, 5.41) is 11.2. The second-order valence-corrected chi connectivity index (χ2v) is 7.64. The van der Waals surface area contributed by atoms with Crippen LogP contribution in [0.2, 0.25) is 0 Å². The number of aryl methyl sites for hydroxylation is 2. The van der Waals surface area contributed by atoms with Crippen molar-refractivity contribution >= 4 is 5.96 Å². The van der Waals surface area contributed by atoms with Crippen LogP contribution >= 0.6 is 0 Å². The van der Waals surface area contributed by atoms with Crippen LogP contribution in [0.1, 0.15) is 49.3 Å². The zero-order valence-electron chi connectivity index (χ0n) is 18.6. The Bertz CT molecular complexity index is 802. The van der Waals surface area contributed by atoms with E-state index in [0.29, 0.717) is 6.54 Å². The maximum atomic E-state index is 5.66. The second-order valence-electron chi connectivity index (χ2n) is 7.64. The first-order valence-electron chi connectivity index (χ1n) is 10.8. The van der Waals surface area contributed by atoms with E-state index in [1.165, 1.54) is 5.56 Å². The number of hydrogen-bond donors (Lipinski definition) is 2. The molecule has 0 bridgehead atoms. The number of ether oxygens (including phenoxy) is 2. The Hall–Kier alpha value is -2.54. The highest BCUT2D eigenvalue weighted by atomic mass is 16.5. The minimum atomic E-state index is 0.00248. The fraction of sp³-hybridized carbons (Fsp3) is 0.565. The molecule has 0 saturated carbocycles. The van der Waals surface area contributed by atoms with E-state index in [1.54, 1.807) is 14.2 Å². The molecule has 164 valence electrons. The van der Waals surface area contributed by atoms with Gasteiger partial charge in [-0.2, -0.15) is 0 Å². The van der Waals surface area contributed by atoms with Gasteiger partial charge in [0.1, 0.15) is 11.5 Å². The number of aliphatic imine (C=N–C) groups is 1. The molecule has 0 spiro atoms. The van der Waals surface area contributed by atoms with Gasteiger partial charge in [-0.15, -0.1) is 0 Å². The first kappa shape index (κ1) is 22.2. The first-order chi connectivity index (χ1) is 14.7. The minimum Gasteiger partial charge on any atom is -0.497 e. The van der Waals surface area contributed by atoms with Crippen LogP contribution in [0.15, 0.2) is 33.8 Å². The van der Waals surface area contributed by atoms with Crippen LogP contribution in [0.25, 0.3) is 0 Å². The summed E-state index contributed by atoms with van der Waals surface area (Å²) in [5.41, 5.74) is 3.45. The molecule has 2 aromatic rings. The van der Waals surface area contributed by atoms with Crippen molar-refractivity contribution in [2.24, 2.45) is 4.99 Å². The quantitative estimate of drug-likeness (QED) is 0.510. The molecule has 1 fully saturated rings. The lowest BCUT2D eigenvalue weighted by atomic mass is 9.74. The molecule has 0 atom stereocenters. The third-order valence-corrected chi connectivity index (χ3v) is 6.01. The maximum absolute atomic E-state index is 5.66. The van der Waals surface area contributed by atoms with Crippen LogP contribution in [0.4, 0.5) is 0 Å². The summed E-state index contributed by atoms with van der Waals surface area (Å²) in [5.74, 6) is 2.59. The van der Waals surface area contributed by atoms with Gasteiger partial charge in [-0.25, -0.2) is 0 Å². The van der Waals surface area contributed by atoms with E-state index >= 15 is 0 Å². The van der Waals surface area contributed by atoms with Crippen molar-refractivity contribution in [2.45, 2.75) is 51.5 Å². The number of nitrogens with zero attached hydrogens (tertiary/aromatic N) is 2. The number of rotatable bonds is 8. The van der Waals surface area contributed by atoms with Crippen LogP contribution < -0.4 is 15.4 Å². The Kier molecular flexibility index (Phi) is 7.74. The topological polar surface area (TPSA) is 80.9 Å². The summed E-state index contributed by atoms with van der Waals surface area (Å²) < 4.78 is 16.5. The summed E-state index contributed by atoms with van der Waals surface area (Å²) in [6.07, 6.45) is 3.62. The van der Waals surface area contributed by atoms with Crippen LogP contribution in [0.5, 0.6) is 5.75 Å². The molecule has 2 heterocycles. The highest BCUT2D eigenvalue weighted by Gasteiger charge is 2.34. The van der Waals surface area contributed by atoms with Gasteiger partial charge in [0.15, 0.2) is 5.96 Å². The Morgan fingerprint density at radius 3 is 2.47 bits per heavy atom. The molecule has 3 rings (SSSR count). The average molecular weight is 415 g/mol. The molecular formula is C23H34N4O3. The lowest BCUT2D eigenvalue weighted by molar-refractivity contribution is 0.0513. The molecule has 7 nitrogen and oxygen atoms in total. The monoisotopic (exact) mass is 414 g/mol. The van der Waals surface area contributed by atoms with Gasteiger partial charge in [0.25, 0.3) is 0 Å². The van der Waals surface area contributed by atoms with E-state index in [1.807, 2.05) is 12.1 Å². The Morgan fingerprint density at radius 2 is 1.87 bits per heavy atom. The maximum Gasteiger partial charge on any atom is 0.191 e. The van der Waals surface area contributed by atoms with Crippen LogP contribution in [0, 0.1) is 0 Å². The smallest absolute Gasteiger partial charge is 0.191 e. The number of methoxy groups -OCH3 is 1. The van der Waals surface area contributed by atoms with Crippen molar-refractivity contribution < 1.29 is 14.0 Å². The number of benzene rings is 1. The summed E-state index contributed by atoms with van der Waals surface area (Å²) in [6.45, 7) is 7.14. The summed E-state index contributed by atoms with van der Waals surface area (Å²) in [4.78, 5) is 4.43. The fourth-order valence-electron chi connectivity index (χ4n) is 4.06. The average Bonchev–Trinajstić information content (AvgIpc) is 3.22. The lowest BCUT2D eigenvalue weighted by Crippen LogP contribution is -2.48. The van der Waals surface area contributed by atoms with Gasteiger partial charge >= 0.3 is 0 Å². The molecule has 1 aromatic carbocycles. The van der Waals surface area contributed by atoms with Gasteiger partial charge in [0, 0.05) is 50.8 Å². The first-order valence-corrected chi connectivity index (χ1v) is 10.8. The van der Waals surface area contributed by atoms with Crippen molar-refractivity contribution in [1.29, 1.82) is 0 Å². The third kappa shape index (κ3) is 4.95. The van der Waals surface area contributed by atoms with Gasteiger partial charge in [-0.3, -0.25) is 4.99 Å². The molecule has 7 heteroatoms. The van der Waals surface area contributed by atoms with Gasteiger partial charge in [0.2, 0.25) is 0 Å². The number of hydrogen-bond acceptors (Lipinski definition) is 5. The van der Waals surface area contributed by atoms with Crippen LogP contribution in [-0.4, -0.2) is 45.0 Å². The zero-order valence-corrected chi connectivity index (χ0v) is 18.6. The highest BCUT2D eigenvalue weighted by molar-refractivity contribution is 5.79. The number of nitrogens with one attached hydrogen (secondary N) is 2. The van der Waals surface area contributed by atoms with Gasteiger partial charge < -0.3 is 24.6 Å². The molecule has 0 amide bonds. The Balaban J connectivity index is 1.68. The SMILES string of the molecule is CCc1noc(CC)c1CNC(=NC)NCC1(c2ccc(OC)cc2)CCOCC1. The van der Waals surface area contributed by atoms with Crippen molar-refractivity contribution in [3.05, 3.63) is 46.8 Å². The predicted molar refractivity (Wildman–Crippen MR) is 118 cm³/mol. The third-order valence-electron chi connectivity index (χ3n) is 6.01. The standard InChI is InChI=1S/C23H34N4O3/c1-5-20-19(21(6-2)30-27-20)15-25-22(24-3)26-16-23(11-13-29-14-12-23)17-7-9-18(28-4)10-8-17/h7-10H,5-6,11-16H2,1-4H3,(H2,24,25,26). The zero-order chi connectivity index (χ0) is 21.4. The van der Waals surface area contributed by atoms with Gasteiger partial charge in [0.05, 0.1) is 12.8 Å². The molecular weight excluding hydrogens is 380 g/mol. The Labute approximate surface area is 179 Å². The van der Waals surface area contributed by atoms with Gasteiger partial charge in [-0.1, -0.05) is 31.1 Å². The normalized spacial score (nSPS) is 16.3. The second kappa shape index (κ2) is 10.5. The summed E-state index contributed by atoms with van der Waals surface area (Å²) in [7, 11) is 3.49. The van der Waals surface area contributed by atoms with Gasteiger partial charge in [-0.05, 0) is 37.0 Å². The molecule has 0 unspecified atom stereocenters. The van der Waals surface area contributed by atoms with Crippen molar-refractivity contribution in [3.63, 3.8) is 0 Å². The molecule has 30 heavy (non-hydrogen) atoms. The van der Waals surface area contributed by atoms with E-state index in [-0.39, 0.29) is 5.41 Å². The molecule has 1 aliphatic heterocycles. The van der Waals surface area contributed by atoms with Crippen LogP contribution in [0.3, 0.4) is 0 Å². The molecule has 1 aliphatic rings. The van der Waals surface area contributed by atoms with Crippen molar-refractivity contribution in [3.8, 4) is 5.75 Å². The molecule has 1 aromatic heterocycles. The van der Waals surface area contributed by atoms with E-state index in [0.717, 1.165) is 74.2 Å². The van der Waals surface area contributed by atoms with Crippen molar-refractivity contribution in [2.75, 3.05) is 33.9 Å². The largest absolute Gasteiger partial charge is 0.497 e. The van der Waals surface area contributed by atoms with E-state index < -0.39 is 0 Å². The van der Waals surface area contributed by atoms with E-state index in [2.05, 4.69) is 46.8 Å². The molecule has 2 N–H and O–H groups in total. The fourth-order valence-corrected chi connectivity index (χ4v) is 4.06. The van der Waals surface area contributed by atoms with Crippen LogP contribution in [-0.2, 0) is 29.5 Å². The molecule has 0 aliphatic carbocycles. The summed E-state index contributed by atoms with van der Waals surface area (Å²) >= 11 is 0. The van der Waals surface area contributed by atoms with E-state index in [4.69, 9.17) is 14.0 Å². The number of aromatic nitrogens is 1. The predicted octanol–water partition coefficient (Wildman–Crippen LogP) is 3.22. The summed E-state index contributed by atoms with van der Waals surface area (Å²) in [6, 6.07) is 8.40. The highest BCUT2D eigenvalue weighted by Crippen LogP contribution is 2.35. The lowest BCUT2D eigenvalue weighted by Gasteiger charge is -2.38. The minimum absolute atomic E-state index is 0.00248. The van der Waals surface area contributed by atoms with E-state index in [9.17, 15) is 0 Å². The Morgan fingerprint density at radius 1 is 1.13 bits per heavy atom. The molecule has 1 saturated heterocycles.